The number of rotatable bonds is 7. The Labute approximate surface area is 113 Å². The molecule has 1 aromatic carbocycles. The highest BCUT2D eigenvalue weighted by Gasteiger charge is 2.12. The van der Waals surface area contributed by atoms with Crippen LogP contribution in [0.25, 0.3) is 0 Å². The monoisotopic (exact) mass is 290 g/mol. The molecule has 0 amide bonds. The van der Waals surface area contributed by atoms with Crippen molar-refractivity contribution in [2.24, 2.45) is 0 Å². The van der Waals surface area contributed by atoms with Crippen LogP contribution in [0.4, 0.5) is 0 Å². The first kappa shape index (κ1) is 15.1. The number of carboxylic acid groups (broad SMARTS) is 1. The van der Waals surface area contributed by atoms with E-state index in [-0.39, 0.29) is 10.6 Å². The summed E-state index contributed by atoms with van der Waals surface area (Å²) in [6.07, 6.45) is 1.60. The van der Waals surface area contributed by atoms with Gasteiger partial charge in [-0.05, 0) is 31.0 Å². The fourth-order valence-electron chi connectivity index (χ4n) is 1.41. The molecule has 100 valence electrons. The fraction of sp³-hybridized carbons (Fsp3) is 0.417. The highest BCUT2D eigenvalue weighted by atomic mass is 35.5. The summed E-state index contributed by atoms with van der Waals surface area (Å²) in [5.41, 5.74) is -0.0144. The van der Waals surface area contributed by atoms with Crippen molar-refractivity contribution < 1.29 is 18.8 Å². The highest BCUT2D eigenvalue weighted by Crippen LogP contribution is 2.20. The van der Waals surface area contributed by atoms with Crippen molar-refractivity contribution in [3.05, 3.63) is 28.8 Å². The van der Waals surface area contributed by atoms with Gasteiger partial charge in [-0.25, -0.2) is 4.79 Å². The standard InChI is InChI=1S/C12H15ClO4S/c1-17-6-2-3-7-18(16)9-4-5-11(13)10(8-9)12(14)15/h4-5,8H,2-3,6-7H2,1H3,(H,14,15). The Kier molecular flexibility index (Phi) is 6.32. The third-order valence-electron chi connectivity index (χ3n) is 2.36. The molecule has 0 fully saturated rings. The van der Waals surface area contributed by atoms with E-state index in [0.717, 1.165) is 12.8 Å². The number of carbonyl (C=O) groups is 1. The maximum Gasteiger partial charge on any atom is 0.337 e. The normalized spacial score (nSPS) is 12.3. The van der Waals surface area contributed by atoms with Gasteiger partial charge in [-0.3, -0.25) is 4.21 Å². The van der Waals surface area contributed by atoms with E-state index in [0.29, 0.717) is 17.3 Å². The first-order valence-corrected chi connectivity index (χ1v) is 7.16. The predicted octanol–water partition coefficient (Wildman–Crippen LogP) is 2.57. The van der Waals surface area contributed by atoms with Crippen LogP contribution in [0, 0.1) is 0 Å². The Morgan fingerprint density at radius 1 is 1.44 bits per heavy atom. The number of hydrogen-bond acceptors (Lipinski definition) is 3. The quantitative estimate of drug-likeness (QED) is 0.784. The lowest BCUT2D eigenvalue weighted by molar-refractivity contribution is 0.0697. The first-order chi connectivity index (χ1) is 8.56. The van der Waals surface area contributed by atoms with Crippen molar-refractivity contribution in [1.82, 2.24) is 0 Å². The maximum atomic E-state index is 11.9. The molecule has 0 radical (unpaired) electrons. The van der Waals surface area contributed by atoms with E-state index >= 15 is 0 Å². The molecule has 0 aromatic heterocycles. The molecule has 0 heterocycles. The molecular weight excluding hydrogens is 276 g/mol. The lowest BCUT2D eigenvalue weighted by atomic mass is 10.2. The van der Waals surface area contributed by atoms with Crippen LogP contribution in [0.1, 0.15) is 23.2 Å². The van der Waals surface area contributed by atoms with Crippen LogP contribution in [0.3, 0.4) is 0 Å². The zero-order chi connectivity index (χ0) is 13.5. The molecule has 6 heteroatoms. The topological polar surface area (TPSA) is 63.6 Å². The van der Waals surface area contributed by atoms with Gasteiger partial charge >= 0.3 is 5.97 Å². The molecule has 1 aromatic rings. The molecule has 4 nitrogen and oxygen atoms in total. The van der Waals surface area contributed by atoms with E-state index in [1.165, 1.54) is 12.1 Å². The van der Waals surface area contributed by atoms with Crippen molar-refractivity contribution in [2.45, 2.75) is 17.7 Å². The summed E-state index contributed by atoms with van der Waals surface area (Å²) < 4.78 is 16.8. The van der Waals surface area contributed by atoms with Crippen LogP contribution in [-0.4, -0.2) is 34.8 Å². The Morgan fingerprint density at radius 3 is 2.78 bits per heavy atom. The van der Waals surface area contributed by atoms with Crippen LogP contribution in [0.15, 0.2) is 23.1 Å². The van der Waals surface area contributed by atoms with Gasteiger partial charge in [-0.1, -0.05) is 11.6 Å². The van der Waals surface area contributed by atoms with E-state index in [1.54, 1.807) is 13.2 Å². The van der Waals surface area contributed by atoms with Gasteiger partial charge < -0.3 is 9.84 Å². The third kappa shape index (κ3) is 4.40. The van der Waals surface area contributed by atoms with Crippen LogP contribution >= 0.6 is 11.6 Å². The minimum Gasteiger partial charge on any atom is -0.478 e. The molecule has 1 rings (SSSR count). The molecule has 0 saturated carbocycles. The molecule has 1 N–H and O–H groups in total. The Balaban J connectivity index is 2.68. The molecule has 1 unspecified atom stereocenters. The molecule has 1 atom stereocenters. The molecule has 18 heavy (non-hydrogen) atoms. The summed E-state index contributed by atoms with van der Waals surface area (Å²) >= 11 is 5.75. The van der Waals surface area contributed by atoms with E-state index < -0.39 is 16.8 Å². The average molecular weight is 291 g/mol. The zero-order valence-corrected chi connectivity index (χ0v) is 11.6. The molecule has 0 spiro atoms. The van der Waals surface area contributed by atoms with Crippen LogP contribution in [0.2, 0.25) is 5.02 Å². The van der Waals surface area contributed by atoms with Gasteiger partial charge in [0.1, 0.15) is 0 Å². The Morgan fingerprint density at radius 2 is 2.17 bits per heavy atom. The fourth-order valence-corrected chi connectivity index (χ4v) is 2.78. The van der Waals surface area contributed by atoms with Crippen LogP contribution < -0.4 is 0 Å². The summed E-state index contributed by atoms with van der Waals surface area (Å²) in [5, 5.41) is 9.07. The highest BCUT2D eigenvalue weighted by molar-refractivity contribution is 7.85. The Hall–Kier alpha value is -0.910. The number of ether oxygens (including phenoxy) is 1. The summed E-state index contributed by atoms with van der Waals surface area (Å²) in [5.74, 6) is -0.623. The number of unbranched alkanes of at least 4 members (excludes halogenated alkanes) is 1. The minimum atomic E-state index is -1.20. The lowest BCUT2D eigenvalue weighted by Crippen LogP contribution is -2.03. The van der Waals surface area contributed by atoms with Crippen molar-refractivity contribution in [1.29, 1.82) is 0 Å². The average Bonchev–Trinajstić information content (AvgIpc) is 2.34. The second-order valence-electron chi connectivity index (χ2n) is 3.70. The number of methoxy groups -OCH3 is 1. The van der Waals surface area contributed by atoms with Gasteiger partial charge in [-0.2, -0.15) is 0 Å². The predicted molar refractivity (Wildman–Crippen MR) is 70.8 cm³/mol. The second kappa shape index (κ2) is 7.51. The van der Waals surface area contributed by atoms with Gasteiger partial charge in [0.05, 0.1) is 21.4 Å². The molecule has 0 aliphatic carbocycles. The number of carboxylic acids is 1. The van der Waals surface area contributed by atoms with Gasteiger partial charge in [0, 0.05) is 24.4 Å². The van der Waals surface area contributed by atoms with Crippen molar-refractivity contribution in [2.75, 3.05) is 19.5 Å². The number of hydrogen-bond donors (Lipinski definition) is 1. The number of aromatic carboxylic acids is 1. The SMILES string of the molecule is COCCCCS(=O)c1ccc(Cl)c(C(=O)O)c1. The van der Waals surface area contributed by atoms with E-state index in [1.807, 2.05) is 0 Å². The minimum absolute atomic E-state index is 0.0144. The number of benzene rings is 1. The molecular formula is C12H15ClO4S. The largest absolute Gasteiger partial charge is 0.478 e. The third-order valence-corrected chi connectivity index (χ3v) is 4.13. The second-order valence-corrected chi connectivity index (χ2v) is 5.67. The van der Waals surface area contributed by atoms with E-state index in [2.05, 4.69) is 0 Å². The van der Waals surface area contributed by atoms with E-state index in [9.17, 15) is 9.00 Å². The summed E-state index contributed by atoms with van der Waals surface area (Å²) in [7, 11) is 0.421. The van der Waals surface area contributed by atoms with Gasteiger partial charge in [0.25, 0.3) is 0 Å². The Bertz CT molecular complexity index is 448. The number of halogens is 1. The van der Waals surface area contributed by atoms with Crippen LogP contribution in [0.5, 0.6) is 0 Å². The summed E-state index contributed by atoms with van der Waals surface area (Å²) in [6, 6.07) is 4.44. The van der Waals surface area contributed by atoms with Crippen LogP contribution in [-0.2, 0) is 15.5 Å². The van der Waals surface area contributed by atoms with Gasteiger partial charge in [-0.15, -0.1) is 0 Å². The summed E-state index contributed by atoms with van der Waals surface area (Å²) in [6.45, 7) is 0.637. The molecule has 0 bridgehead atoms. The lowest BCUT2D eigenvalue weighted by Gasteiger charge is -2.05. The van der Waals surface area contributed by atoms with E-state index in [4.69, 9.17) is 21.4 Å². The van der Waals surface area contributed by atoms with Gasteiger partial charge in [0.2, 0.25) is 0 Å². The van der Waals surface area contributed by atoms with Gasteiger partial charge in [0.15, 0.2) is 0 Å². The van der Waals surface area contributed by atoms with Crippen molar-refractivity contribution in [3.63, 3.8) is 0 Å². The van der Waals surface area contributed by atoms with Crippen molar-refractivity contribution in [3.8, 4) is 0 Å². The smallest absolute Gasteiger partial charge is 0.337 e. The molecule has 0 saturated heterocycles. The molecule has 0 aliphatic rings. The first-order valence-electron chi connectivity index (χ1n) is 5.46. The summed E-state index contributed by atoms with van der Waals surface area (Å²) in [4.78, 5) is 11.4. The maximum absolute atomic E-state index is 11.9. The molecule has 0 aliphatic heterocycles. The van der Waals surface area contributed by atoms with Crippen molar-refractivity contribution >= 4 is 28.4 Å². The zero-order valence-electron chi connectivity index (χ0n) is 10.0.